The number of hydrogen-bond acceptors (Lipinski definition) is 4. The minimum atomic E-state index is -0.1000. The van der Waals surface area contributed by atoms with Crippen LogP contribution in [0.4, 0.5) is 11.6 Å². The minimum absolute atomic E-state index is 0.1000. The van der Waals surface area contributed by atoms with Crippen LogP contribution in [0.3, 0.4) is 0 Å². The third kappa shape index (κ3) is 4.18. The Labute approximate surface area is 160 Å². The van der Waals surface area contributed by atoms with Gasteiger partial charge in [-0.3, -0.25) is 4.79 Å². The number of hydrogen-bond donors (Lipinski definition) is 1. The summed E-state index contributed by atoms with van der Waals surface area (Å²) in [6, 6.07) is 8.38. The predicted octanol–water partition coefficient (Wildman–Crippen LogP) is 4.18. The summed E-state index contributed by atoms with van der Waals surface area (Å²) < 4.78 is 0. The van der Waals surface area contributed by atoms with Crippen molar-refractivity contribution in [2.45, 2.75) is 44.9 Å². The molecule has 2 aromatic rings. The molecule has 140 valence electrons. The van der Waals surface area contributed by atoms with Crippen molar-refractivity contribution in [3.63, 3.8) is 0 Å². The molecule has 2 heterocycles. The van der Waals surface area contributed by atoms with Crippen molar-refractivity contribution in [1.82, 2.24) is 15.3 Å². The molecule has 0 radical (unpaired) electrons. The molecule has 0 atom stereocenters. The highest BCUT2D eigenvalue weighted by molar-refractivity contribution is 5.93. The molecule has 2 aliphatic rings. The minimum Gasteiger partial charge on any atom is -0.352 e. The summed E-state index contributed by atoms with van der Waals surface area (Å²) in [6.45, 7) is 1.57. The maximum absolute atomic E-state index is 12.3. The molecule has 0 spiro atoms. The van der Waals surface area contributed by atoms with E-state index in [9.17, 15) is 4.79 Å². The third-order valence-corrected chi connectivity index (χ3v) is 5.37. The summed E-state index contributed by atoms with van der Waals surface area (Å²) in [4.78, 5) is 23.4. The van der Waals surface area contributed by atoms with Crippen LogP contribution in [-0.4, -0.2) is 29.0 Å². The van der Waals surface area contributed by atoms with Crippen LogP contribution in [-0.2, 0) is 6.42 Å². The Balaban J connectivity index is 1.37. The zero-order chi connectivity index (χ0) is 18.5. The van der Waals surface area contributed by atoms with E-state index in [1.165, 1.54) is 42.5 Å². The van der Waals surface area contributed by atoms with Gasteiger partial charge in [0.1, 0.15) is 0 Å². The van der Waals surface area contributed by atoms with Crippen LogP contribution < -0.4 is 10.2 Å². The first-order chi connectivity index (χ1) is 13.3. The van der Waals surface area contributed by atoms with Crippen LogP contribution in [0.25, 0.3) is 0 Å². The van der Waals surface area contributed by atoms with E-state index in [2.05, 4.69) is 44.5 Å². The molecule has 0 saturated carbocycles. The van der Waals surface area contributed by atoms with Crippen molar-refractivity contribution in [2.24, 2.45) is 0 Å². The molecule has 0 fully saturated rings. The molecule has 1 N–H and O–H groups in total. The lowest BCUT2D eigenvalue weighted by Gasteiger charge is -2.29. The maximum atomic E-state index is 12.3. The Morgan fingerprint density at radius 1 is 1.07 bits per heavy atom. The first-order valence-corrected chi connectivity index (χ1v) is 9.95. The largest absolute Gasteiger partial charge is 0.352 e. The van der Waals surface area contributed by atoms with E-state index in [4.69, 9.17) is 0 Å². The normalized spacial score (nSPS) is 16.4. The van der Waals surface area contributed by atoms with Crippen molar-refractivity contribution >= 4 is 17.5 Å². The Bertz CT molecular complexity index is 828. The van der Waals surface area contributed by atoms with Gasteiger partial charge in [0.15, 0.2) is 0 Å². The van der Waals surface area contributed by atoms with Crippen LogP contribution in [0.2, 0.25) is 0 Å². The van der Waals surface area contributed by atoms with Gasteiger partial charge in [-0.15, -0.1) is 0 Å². The van der Waals surface area contributed by atoms with E-state index in [1.807, 2.05) is 6.07 Å². The quantitative estimate of drug-likeness (QED) is 0.811. The van der Waals surface area contributed by atoms with Crippen molar-refractivity contribution in [3.05, 3.63) is 59.4 Å². The van der Waals surface area contributed by atoms with Crippen LogP contribution in [0.5, 0.6) is 0 Å². The van der Waals surface area contributed by atoms with Gasteiger partial charge in [0, 0.05) is 31.2 Å². The predicted molar refractivity (Wildman–Crippen MR) is 107 cm³/mol. The van der Waals surface area contributed by atoms with Crippen molar-refractivity contribution in [3.8, 4) is 0 Å². The summed E-state index contributed by atoms with van der Waals surface area (Å²) in [5, 5.41) is 2.99. The number of rotatable bonds is 5. The van der Waals surface area contributed by atoms with E-state index in [0.29, 0.717) is 18.1 Å². The highest BCUT2D eigenvalue weighted by atomic mass is 16.1. The lowest BCUT2D eigenvalue weighted by atomic mass is 9.97. The monoisotopic (exact) mass is 362 g/mol. The van der Waals surface area contributed by atoms with Gasteiger partial charge in [-0.05, 0) is 56.6 Å². The smallest absolute Gasteiger partial charge is 0.254 e. The summed E-state index contributed by atoms with van der Waals surface area (Å²) in [7, 11) is 0. The number of para-hydroxylation sites is 1. The van der Waals surface area contributed by atoms with Gasteiger partial charge >= 0.3 is 0 Å². The van der Waals surface area contributed by atoms with Crippen LogP contribution in [0.1, 0.15) is 54.4 Å². The Morgan fingerprint density at radius 2 is 1.93 bits per heavy atom. The molecule has 27 heavy (non-hydrogen) atoms. The van der Waals surface area contributed by atoms with E-state index in [1.54, 1.807) is 12.4 Å². The number of aromatic nitrogens is 2. The molecule has 5 heteroatoms. The van der Waals surface area contributed by atoms with Crippen LogP contribution in [0, 0.1) is 0 Å². The molecule has 1 aromatic carbocycles. The second-order valence-corrected chi connectivity index (χ2v) is 7.27. The second-order valence-electron chi connectivity index (χ2n) is 7.27. The molecule has 0 unspecified atom stereocenters. The number of benzene rings is 1. The Kier molecular flexibility index (Phi) is 5.47. The fourth-order valence-corrected chi connectivity index (χ4v) is 3.89. The number of allylic oxidation sites excluding steroid dienone is 1. The molecule has 4 rings (SSSR count). The number of amides is 1. The summed E-state index contributed by atoms with van der Waals surface area (Å²) in [5.74, 6) is 0.558. The maximum Gasteiger partial charge on any atom is 0.254 e. The average Bonchev–Trinajstić information content (AvgIpc) is 2.74. The number of anilines is 2. The highest BCUT2D eigenvalue weighted by Crippen LogP contribution is 2.31. The van der Waals surface area contributed by atoms with Gasteiger partial charge in [0.05, 0.1) is 5.56 Å². The first-order valence-electron chi connectivity index (χ1n) is 9.95. The number of nitrogens with zero attached hydrogens (tertiary/aromatic N) is 3. The fraction of sp³-hybridized carbons (Fsp3) is 0.409. The first kappa shape index (κ1) is 17.7. The molecular formula is C22H26N4O. The molecule has 1 aliphatic carbocycles. The Hall–Kier alpha value is -2.69. The zero-order valence-corrected chi connectivity index (χ0v) is 15.7. The van der Waals surface area contributed by atoms with E-state index >= 15 is 0 Å². The van der Waals surface area contributed by atoms with Gasteiger partial charge in [-0.1, -0.05) is 29.8 Å². The lowest BCUT2D eigenvalue weighted by molar-refractivity contribution is 0.0953. The lowest BCUT2D eigenvalue weighted by Crippen LogP contribution is -2.27. The summed E-state index contributed by atoms with van der Waals surface area (Å²) in [6.07, 6.45) is 13.6. The molecular weight excluding hydrogens is 336 g/mol. The number of carbonyl (C=O) groups excluding carboxylic acids is 1. The van der Waals surface area contributed by atoms with Crippen molar-refractivity contribution in [1.29, 1.82) is 0 Å². The molecule has 1 amide bonds. The van der Waals surface area contributed by atoms with Gasteiger partial charge in [0.25, 0.3) is 5.91 Å². The molecule has 1 aromatic heterocycles. The molecule has 0 saturated heterocycles. The number of nitrogens with one attached hydrogen (secondary N) is 1. The topological polar surface area (TPSA) is 58.1 Å². The van der Waals surface area contributed by atoms with Gasteiger partial charge < -0.3 is 10.2 Å². The van der Waals surface area contributed by atoms with Gasteiger partial charge in [0.2, 0.25) is 5.95 Å². The zero-order valence-electron chi connectivity index (χ0n) is 15.7. The third-order valence-electron chi connectivity index (χ3n) is 5.37. The molecule has 5 nitrogen and oxygen atoms in total. The fourth-order valence-electron chi connectivity index (χ4n) is 3.89. The van der Waals surface area contributed by atoms with Crippen molar-refractivity contribution in [2.75, 3.05) is 18.0 Å². The van der Waals surface area contributed by atoms with Crippen LogP contribution >= 0.6 is 0 Å². The van der Waals surface area contributed by atoms with Gasteiger partial charge in [-0.2, -0.15) is 0 Å². The van der Waals surface area contributed by atoms with Gasteiger partial charge in [-0.25, -0.2) is 9.97 Å². The highest BCUT2D eigenvalue weighted by Gasteiger charge is 2.20. The van der Waals surface area contributed by atoms with Crippen molar-refractivity contribution < 1.29 is 4.79 Å². The van der Waals surface area contributed by atoms with E-state index < -0.39 is 0 Å². The summed E-state index contributed by atoms with van der Waals surface area (Å²) in [5.41, 5.74) is 4.48. The Morgan fingerprint density at radius 3 is 2.74 bits per heavy atom. The number of fused-ring (bicyclic) bond motifs is 1. The summed E-state index contributed by atoms with van der Waals surface area (Å²) >= 11 is 0. The van der Waals surface area contributed by atoms with Crippen LogP contribution in [0.15, 0.2) is 48.3 Å². The average molecular weight is 362 g/mol. The van der Waals surface area contributed by atoms with E-state index in [-0.39, 0.29) is 5.91 Å². The standard InChI is InChI=1S/C22H26N4O/c27-21(23-13-12-17-7-2-1-3-8-17)19-15-24-22(25-16-19)26-14-6-10-18-9-4-5-11-20(18)26/h4-5,7,9,11,15-16H,1-3,6,8,10,12-14H2,(H,23,27). The number of carbonyl (C=O) groups is 1. The molecule has 1 aliphatic heterocycles. The second kappa shape index (κ2) is 8.33. The van der Waals surface area contributed by atoms with E-state index in [0.717, 1.165) is 25.8 Å². The molecule has 0 bridgehead atoms. The SMILES string of the molecule is O=C(NCCC1=CCCCC1)c1cnc(N2CCCc3ccccc32)nc1. The number of aryl methyl sites for hydroxylation is 1.